The minimum absolute atomic E-state index is 0.0367. The molecule has 0 heterocycles. The monoisotopic (exact) mass is 763 g/mol. The van der Waals surface area contributed by atoms with Gasteiger partial charge in [-0.25, -0.2) is 4.57 Å². The first-order valence-electron chi connectivity index (χ1n) is 21.8. The average Bonchev–Trinajstić information content (AvgIpc) is 3.09. The van der Waals surface area contributed by atoms with Crippen LogP contribution in [0.25, 0.3) is 0 Å². The molecule has 0 radical (unpaired) electrons. The van der Waals surface area contributed by atoms with E-state index in [4.69, 9.17) is 18.5 Å². The summed E-state index contributed by atoms with van der Waals surface area (Å²) in [5.41, 5.74) is 0. The predicted octanol–water partition coefficient (Wildman–Crippen LogP) is 12.0. The van der Waals surface area contributed by atoms with Crippen molar-refractivity contribution in [3.05, 3.63) is 0 Å². The number of esters is 2. The van der Waals surface area contributed by atoms with Crippen molar-refractivity contribution in [3.8, 4) is 0 Å². The highest BCUT2D eigenvalue weighted by Crippen LogP contribution is 2.43. The number of carbonyl (C=O) groups is 2. The zero-order valence-corrected chi connectivity index (χ0v) is 35.7. The predicted molar refractivity (Wildman–Crippen MR) is 215 cm³/mol. The maximum atomic E-state index is 12.7. The van der Waals surface area contributed by atoms with Crippen molar-refractivity contribution in [1.29, 1.82) is 0 Å². The normalized spacial score (nSPS) is 13.6. The van der Waals surface area contributed by atoms with Crippen LogP contribution in [0.2, 0.25) is 0 Å². The Labute approximate surface area is 321 Å². The van der Waals surface area contributed by atoms with E-state index in [1.165, 1.54) is 141 Å². The molecule has 2 atom stereocenters. The molecule has 0 fully saturated rings. The van der Waals surface area contributed by atoms with Crippen molar-refractivity contribution in [2.24, 2.45) is 0 Å². The van der Waals surface area contributed by atoms with Crippen molar-refractivity contribution in [2.45, 2.75) is 213 Å². The number of likely N-dealkylation sites (N-methyl/N-ethyl adjacent to an activating group) is 1. The smallest absolute Gasteiger partial charge is 0.462 e. The maximum Gasteiger partial charge on any atom is 0.472 e. The summed E-state index contributed by atoms with van der Waals surface area (Å²) >= 11 is 0. The lowest BCUT2D eigenvalue weighted by atomic mass is 10.0. The minimum Gasteiger partial charge on any atom is -0.462 e. The van der Waals surface area contributed by atoms with Gasteiger partial charge in [-0.15, -0.1) is 0 Å². The highest BCUT2D eigenvalue weighted by molar-refractivity contribution is 7.47. The standard InChI is InChI=1S/C42H84NO8P/c1-6-8-10-12-14-16-18-20-21-23-24-26-28-30-32-34-41(44)48-38-40(39-50-52(46,47)49-37-36-43(3,4)5)51-42(45)35-33-31-29-27-25-22-19-17-15-13-11-9-7-2/h40H,6-39H2,1-5H3/p+1/t40-/m1/s1. The highest BCUT2D eigenvalue weighted by atomic mass is 31.2. The van der Waals surface area contributed by atoms with Gasteiger partial charge in [0, 0.05) is 12.8 Å². The Bertz CT molecular complexity index is 865. The van der Waals surface area contributed by atoms with Gasteiger partial charge in [-0.3, -0.25) is 18.6 Å². The van der Waals surface area contributed by atoms with Gasteiger partial charge in [0.05, 0.1) is 27.7 Å². The number of phosphoric acid groups is 1. The Balaban J connectivity index is 4.32. The summed E-state index contributed by atoms with van der Waals surface area (Å²) in [4.78, 5) is 35.3. The number of ether oxygens (including phenoxy) is 2. The molecule has 0 aromatic carbocycles. The molecule has 0 amide bonds. The Morgan fingerprint density at radius 1 is 0.519 bits per heavy atom. The van der Waals surface area contributed by atoms with E-state index < -0.39 is 26.5 Å². The number of unbranched alkanes of at least 4 members (excludes halogenated alkanes) is 26. The van der Waals surface area contributed by atoms with Gasteiger partial charge >= 0.3 is 19.8 Å². The third kappa shape index (κ3) is 38.7. The molecule has 0 aromatic heterocycles. The molecule has 0 spiro atoms. The zero-order chi connectivity index (χ0) is 38.6. The molecule has 0 rings (SSSR count). The molecule has 0 bridgehead atoms. The first-order chi connectivity index (χ1) is 25.0. The summed E-state index contributed by atoms with van der Waals surface area (Å²) in [6.45, 7) is 4.45. The lowest BCUT2D eigenvalue weighted by Crippen LogP contribution is -2.37. The lowest BCUT2D eigenvalue weighted by molar-refractivity contribution is -0.870. The average molecular weight is 763 g/mol. The largest absolute Gasteiger partial charge is 0.472 e. The SMILES string of the molecule is CCCCCCCCCCCCCCCCCC(=O)OC[C@H](COP(=O)(O)OCC[N+](C)(C)C)OC(=O)CCCCCCCCCCCCCCC. The van der Waals surface area contributed by atoms with Crippen LogP contribution in [0.15, 0.2) is 0 Å². The van der Waals surface area contributed by atoms with Crippen molar-refractivity contribution in [3.63, 3.8) is 0 Å². The molecule has 0 aliphatic carbocycles. The third-order valence-electron chi connectivity index (χ3n) is 9.64. The number of carbonyl (C=O) groups excluding carboxylic acids is 2. The molecule has 9 nitrogen and oxygen atoms in total. The quantitative estimate of drug-likeness (QED) is 0.0284. The van der Waals surface area contributed by atoms with Gasteiger partial charge in [0.25, 0.3) is 0 Å². The second kappa shape index (κ2) is 35.7. The zero-order valence-electron chi connectivity index (χ0n) is 34.8. The number of quaternary nitrogens is 1. The summed E-state index contributed by atoms with van der Waals surface area (Å²) in [5.74, 6) is -0.785. The molecule has 0 aromatic rings. The van der Waals surface area contributed by atoms with E-state index in [-0.39, 0.29) is 25.6 Å². The van der Waals surface area contributed by atoms with Crippen LogP contribution in [-0.4, -0.2) is 74.9 Å². The topological polar surface area (TPSA) is 108 Å². The number of nitrogens with zero attached hydrogens (tertiary/aromatic N) is 1. The summed E-state index contributed by atoms with van der Waals surface area (Å²) in [7, 11) is 1.49. The Kier molecular flexibility index (Phi) is 35.0. The molecule has 310 valence electrons. The van der Waals surface area contributed by atoms with Crippen LogP contribution in [0.5, 0.6) is 0 Å². The first kappa shape index (κ1) is 51.0. The fraction of sp³-hybridized carbons (Fsp3) is 0.952. The molecule has 52 heavy (non-hydrogen) atoms. The molecule has 0 saturated carbocycles. The van der Waals surface area contributed by atoms with Gasteiger partial charge in [-0.2, -0.15) is 0 Å². The van der Waals surface area contributed by atoms with Crippen LogP contribution < -0.4 is 0 Å². The van der Waals surface area contributed by atoms with Crippen LogP contribution in [0.1, 0.15) is 206 Å². The van der Waals surface area contributed by atoms with Gasteiger partial charge < -0.3 is 18.9 Å². The number of hydrogen-bond donors (Lipinski definition) is 1. The summed E-state index contributed by atoms with van der Waals surface area (Å²) in [5, 5.41) is 0. The number of hydrogen-bond acceptors (Lipinski definition) is 7. The molecule has 0 aliphatic heterocycles. The van der Waals surface area contributed by atoms with Crippen LogP contribution in [0.3, 0.4) is 0 Å². The van der Waals surface area contributed by atoms with Crippen molar-refractivity contribution >= 4 is 19.8 Å². The van der Waals surface area contributed by atoms with Gasteiger partial charge in [-0.05, 0) is 12.8 Å². The van der Waals surface area contributed by atoms with Crippen LogP contribution in [-0.2, 0) is 32.7 Å². The number of rotatable bonds is 40. The number of phosphoric ester groups is 1. The third-order valence-corrected chi connectivity index (χ3v) is 10.6. The fourth-order valence-corrected chi connectivity index (χ4v) is 6.93. The Morgan fingerprint density at radius 3 is 1.23 bits per heavy atom. The Morgan fingerprint density at radius 2 is 0.865 bits per heavy atom. The van der Waals surface area contributed by atoms with Crippen molar-refractivity contribution in [2.75, 3.05) is 47.5 Å². The van der Waals surface area contributed by atoms with Gasteiger partial charge in [0.2, 0.25) is 0 Å². The fourth-order valence-electron chi connectivity index (χ4n) is 6.19. The molecule has 10 heteroatoms. The van der Waals surface area contributed by atoms with E-state index in [2.05, 4.69) is 13.8 Å². The summed E-state index contributed by atoms with van der Waals surface area (Å²) in [6, 6.07) is 0. The maximum absolute atomic E-state index is 12.7. The van der Waals surface area contributed by atoms with Crippen LogP contribution >= 0.6 is 7.82 Å². The van der Waals surface area contributed by atoms with Crippen molar-refractivity contribution < 1.29 is 42.1 Å². The minimum atomic E-state index is -4.36. The van der Waals surface area contributed by atoms with E-state index in [1.807, 2.05) is 21.1 Å². The van der Waals surface area contributed by atoms with Gasteiger partial charge in [-0.1, -0.05) is 181 Å². The van der Waals surface area contributed by atoms with E-state index in [0.717, 1.165) is 38.5 Å². The summed E-state index contributed by atoms with van der Waals surface area (Å²) in [6.07, 6.45) is 34.2. The van der Waals surface area contributed by atoms with Gasteiger partial charge in [0.1, 0.15) is 19.8 Å². The summed E-state index contributed by atoms with van der Waals surface area (Å²) < 4.78 is 34.3. The molecule has 1 unspecified atom stereocenters. The second-order valence-corrected chi connectivity index (χ2v) is 17.6. The molecule has 1 N–H and O–H groups in total. The molecular formula is C42H85NO8P+. The Hall–Kier alpha value is -0.990. The van der Waals surface area contributed by atoms with Crippen LogP contribution in [0, 0.1) is 0 Å². The van der Waals surface area contributed by atoms with E-state index >= 15 is 0 Å². The first-order valence-corrected chi connectivity index (χ1v) is 23.3. The van der Waals surface area contributed by atoms with Crippen molar-refractivity contribution in [1.82, 2.24) is 0 Å². The molecule has 0 saturated heterocycles. The van der Waals surface area contributed by atoms with Crippen LogP contribution in [0.4, 0.5) is 0 Å². The second-order valence-electron chi connectivity index (χ2n) is 16.1. The van der Waals surface area contributed by atoms with E-state index in [9.17, 15) is 19.0 Å². The molecule has 0 aliphatic rings. The highest BCUT2D eigenvalue weighted by Gasteiger charge is 2.27. The van der Waals surface area contributed by atoms with E-state index in [1.54, 1.807) is 0 Å². The van der Waals surface area contributed by atoms with E-state index in [0.29, 0.717) is 17.4 Å². The lowest BCUT2D eigenvalue weighted by Gasteiger charge is -2.24. The van der Waals surface area contributed by atoms with Gasteiger partial charge in [0.15, 0.2) is 6.10 Å². The molecular weight excluding hydrogens is 677 g/mol.